The molecule has 0 unspecified atom stereocenters. The van der Waals surface area contributed by atoms with E-state index in [9.17, 15) is 18.0 Å². The maximum absolute atomic E-state index is 13.1. The predicted octanol–water partition coefficient (Wildman–Crippen LogP) is 4.84. The van der Waals surface area contributed by atoms with Crippen molar-refractivity contribution < 1.29 is 22.7 Å². The summed E-state index contributed by atoms with van der Waals surface area (Å²) >= 11 is 11.7. The van der Waals surface area contributed by atoms with E-state index in [-0.39, 0.29) is 35.4 Å². The van der Waals surface area contributed by atoms with Crippen molar-refractivity contribution in [3.8, 4) is 5.75 Å². The Hall–Kier alpha value is -2.52. The average molecular weight is 461 g/mol. The number of hydrogen-bond donors (Lipinski definition) is 1. The summed E-state index contributed by atoms with van der Waals surface area (Å²) in [7, 11) is 0. The first-order valence-corrected chi connectivity index (χ1v) is 9.67. The number of halogens is 5. The summed E-state index contributed by atoms with van der Waals surface area (Å²) in [5.74, 6) is 0.504. The fraction of sp³-hybridized carbons (Fsp3) is 0.316. The molecule has 0 saturated carbocycles. The SMILES string of the molecule is Cc1cc(OCCCC(=O)NCc2nnc3c(C(F)(F)F)cc(Cl)cn23)ccc1Cl. The number of carbonyl (C=O) groups is 1. The maximum Gasteiger partial charge on any atom is 0.420 e. The Labute approximate surface area is 179 Å². The number of ether oxygens (including phenoxy) is 1. The molecule has 6 nitrogen and oxygen atoms in total. The van der Waals surface area contributed by atoms with Gasteiger partial charge in [0.05, 0.1) is 18.2 Å². The maximum atomic E-state index is 13.1. The summed E-state index contributed by atoms with van der Waals surface area (Å²) in [6.45, 7) is 2.10. The molecule has 0 aliphatic carbocycles. The highest BCUT2D eigenvalue weighted by Gasteiger charge is 2.35. The molecule has 11 heteroatoms. The van der Waals surface area contributed by atoms with Gasteiger partial charge in [0.1, 0.15) is 11.3 Å². The first kappa shape index (κ1) is 22.2. The zero-order valence-electron chi connectivity index (χ0n) is 15.8. The van der Waals surface area contributed by atoms with Gasteiger partial charge >= 0.3 is 6.18 Å². The highest BCUT2D eigenvalue weighted by molar-refractivity contribution is 6.31. The van der Waals surface area contributed by atoms with E-state index >= 15 is 0 Å². The van der Waals surface area contributed by atoms with Crippen LogP contribution in [0.25, 0.3) is 5.65 Å². The van der Waals surface area contributed by atoms with Crippen molar-refractivity contribution in [2.75, 3.05) is 6.61 Å². The van der Waals surface area contributed by atoms with E-state index in [1.165, 1.54) is 6.20 Å². The number of aryl methyl sites for hydroxylation is 1. The molecule has 0 atom stereocenters. The predicted molar refractivity (Wildman–Crippen MR) is 106 cm³/mol. The molecule has 0 radical (unpaired) electrons. The number of nitrogens with zero attached hydrogens (tertiary/aromatic N) is 3. The van der Waals surface area contributed by atoms with Crippen LogP contribution >= 0.6 is 23.2 Å². The Morgan fingerprint density at radius 2 is 2.00 bits per heavy atom. The number of amides is 1. The van der Waals surface area contributed by atoms with Gasteiger partial charge < -0.3 is 10.1 Å². The molecular weight excluding hydrogens is 444 g/mol. The molecule has 1 amide bonds. The molecule has 0 aliphatic heterocycles. The van der Waals surface area contributed by atoms with Gasteiger partial charge in [-0.3, -0.25) is 9.20 Å². The second-order valence-corrected chi connectivity index (χ2v) is 7.36. The number of benzene rings is 1. The first-order valence-electron chi connectivity index (χ1n) is 8.91. The van der Waals surface area contributed by atoms with Crippen LogP contribution in [0.1, 0.15) is 29.8 Å². The van der Waals surface area contributed by atoms with E-state index in [2.05, 4.69) is 15.5 Å². The van der Waals surface area contributed by atoms with Gasteiger partial charge in [0.25, 0.3) is 0 Å². The second kappa shape index (κ2) is 9.09. The van der Waals surface area contributed by atoms with Crippen molar-refractivity contribution in [3.05, 3.63) is 57.5 Å². The van der Waals surface area contributed by atoms with Gasteiger partial charge in [0.15, 0.2) is 11.5 Å². The van der Waals surface area contributed by atoms with Crippen LogP contribution in [-0.2, 0) is 17.5 Å². The lowest BCUT2D eigenvalue weighted by Gasteiger charge is -2.09. The number of fused-ring (bicyclic) bond motifs is 1. The van der Waals surface area contributed by atoms with E-state index in [0.29, 0.717) is 23.8 Å². The Morgan fingerprint density at radius 1 is 1.23 bits per heavy atom. The third kappa shape index (κ3) is 5.34. The van der Waals surface area contributed by atoms with Crippen LogP contribution in [0.3, 0.4) is 0 Å². The summed E-state index contributed by atoms with van der Waals surface area (Å²) in [6.07, 6.45) is -2.71. The molecular formula is C19H17Cl2F3N4O2. The van der Waals surface area contributed by atoms with Gasteiger partial charge in [-0.15, -0.1) is 10.2 Å². The molecule has 3 rings (SSSR count). The Kier molecular flexibility index (Phi) is 6.72. The monoisotopic (exact) mass is 460 g/mol. The van der Waals surface area contributed by atoms with Crippen LogP contribution in [0, 0.1) is 6.92 Å². The molecule has 2 aromatic heterocycles. The number of pyridine rings is 1. The number of nitrogens with one attached hydrogen (secondary N) is 1. The van der Waals surface area contributed by atoms with Crippen LogP contribution < -0.4 is 10.1 Å². The quantitative estimate of drug-likeness (QED) is 0.512. The smallest absolute Gasteiger partial charge is 0.420 e. The van der Waals surface area contributed by atoms with Crippen molar-refractivity contribution >= 4 is 34.8 Å². The van der Waals surface area contributed by atoms with Crippen molar-refractivity contribution in [3.63, 3.8) is 0 Å². The van der Waals surface area contributed by atoms with E-state index in [1.54, 1.807) is 18.2 Å². The number of hydrogen-bond acceptors (Lipinski definition) is 4. The van der Waals surface area contributed by atoms with Gasteiger partial charge in [0.2, 0.25) is 5.91 Å². The molecule has 0 bridgehead atoms. The highest BCUT2D eigenvalue weighted by atomic mass is 35.5. The number of rotatable bonds is 7. The molecule has 160 valence electrons. The van der Waals surface area contributed by atoms with E-state index in [1.807, 2.05) is 6.92 Å². The fourth-order valence-electron chi connectivity index (χ4n) is 2.73. The fourth-order valence-corrected chi connectivity index (χ4v) is 3.06. The van der Waals surface area contributed by atoms with E-state index in [0.717, 1.165) is 16.0 Å². The summed E-state index contributed by atoms with van der Waals surface area (Å²) in [4.78, 5) is 12.0. The van der Waals surface area contributed by atoms with Crippen molar-refractivity contribution in [2.45, 2.75) is 32.5 Å². The van der Waals surface area contributed by atoms with Crippen LogP contribution in [0.15, 0.2) is 30.5 Å². The van der Waals surface area contributed by atoms with Gasteiger partial charge in [-0.1, -0.05) is 23.2 Å². The van der Waals surface area contributed by atoms with Crippen molar-refractivity contribution in [2.24, 2.45) is 0 Å². The normalized spacial score (nSPS) is 11.7. The van der Waals surface area contributed by atoms with Gasteiger partial charge in [-0.05, 0) is 43.2 Å². The first-order chi connectivity index (χ1) is 14.1. The Bertz CT molecular complexity index is 1070. The summed E-state index contributed by atoms with van der Waals surface area (Å²) in [6, 6.07) is 6.07. The zero-order chi connectivity index (χ0) is 21.9. The van der Waals surface area contributed by atoms with E-state index < -0.39 is 11.7 Å². The number of carbonyl (C=O) groups excluding carboxylic acids is 1. The van der Waals surface area contributed by atoms with Crippen molar-refractivity contribution in [1.82, 2.24) is 19.9 Å². The molecule has 0 spiro atoms. The topological polar surface area (TPSA) is 68.5 Å². The molecule has 0 aliphatic rings. The van der Waals surface area contributed by atoms with E-state index in [4.69, 9.17) is 27.9 Å². The largest absolute Gasteiger partial charge is 0.494 e. The standard InChI is InChI=1S/C19H17Cl2F3N4O2/c1-11-7-13(4-5-15(11)21)30-6-2-3-17(29)25-9-16-26-27-18-14(19(22,23)24)8-12(20)10-28(16)18/h4-5,7-8,10H,2-3,6,9H2,1H3,(H,25,29). The van der Waals surface area contributed by atoms with Gasteiger partial charge in [0, 0.05) is 17.6 Å². The molecule has 1 aromatic carbocycles. The van der Waals surface area contributed by atoms with Crippen LogP contribution in [0.5, 0.6) is 5.75 Å². The summed E-state index contributed by atoms with van der Waals surface area (Å²) < 4.78 is 46.1. The third-order valence-electron chi connectivity index (χ3n) is 4.24. The Balaban J connectivity index is 1.53. The van der Waals surface area contributed by atoms with Gasteiger partial charge in [-0.2, -0.15) is 13.2 Å². The molecule has 0 saturated heterocycles. The third-order valence-corrected chi connectivity index (χ3v) is 4.87. The van der Waals surface area contributed by atoms with Crippen molar-refractivity contribution in [1.29, 1.82) is 0 Å². The number of alkyl halides is 3. The molecule has 3 aromatic rings. The zero-order valence-corrected chi connectivity index (χ0v) is 17.3. The molecule has 0 fully saturated rings. The molecule has 1 N–H and O–H groups in total. The lowest BCUT2D eigenvalue weighted by Crippen LogP contribution is -2.24. The number of aromatic nitrogens is 3. The van der Waals surface area contributed by atoms with Crippen LogP contribution in [0.4, 0.5) is 13.2 Å². The average Bonchev–Trinajstić information content (AvgIpc) is 3.07. The molecule has 30 heavy (non-hydrogen) atoms. The van der Waals surface area contributed by atoms with Crippen LogP contribution in [0.2, 0.25) is 10.0 Å². The lowest BCUT2D eigenvalue weighted by atomic mass is 10.2. The lowest BCUT2D eigenvalue weighted by molar-refractivity contribution is -0.136. The second-order valence-electron chi connectivity index (χ2n) is 6.52. The minimum Gasteiger partial charge on any atom is -0.494 e. The Morgan fingerprint density at radius 3 is 2.70 bits per heavy atom. The van der Waals surface area contributed by atoms with Crippen LogP contribution in [-0.4, -0.2) is 27.1 Å². The molecule has 2 heterocycles. The minimum atomic E-state index is -4.62. The summed E-state index contributed by atoms with van der Waals surface area (Å²) in [5.41, 5.74) is -0.473. The highest BCUT2D eigenvalue weighted by Crippen LogP contribution is 2.33. The summed E-state index contributed by atoms with van der Waals surface area (Å²) in [5, 5.41) is 10.5. The van der Waals surface area contributed by atoms with Gasteiger partial charge in [-0.25, -0.2) is 0 Å². The minimum absolute atomic E-state index is 0.0884.